The number of rotatable bonds is 9. The molecule has 2 aromatic carbocycles. The Morgan fingerprint density at radius 2 is 1.69 bits per heavy atom. The minimum Gasteiger partial charge on any atom is -0.493 e. The third-order valence-corrected chi connectivity index (χ3v) is 5.68. The van der Waals surface area contributed by atoms with Gasteiger partial charge in [0.2, 0.25) is 5.75 Å². The van der Waals surface area contributed by atoms with Crippen LogP contribution in [0.2, 0.25) is 5.02 Å². The Hall–Kier alpha value is -2.81. The molecule has 1 amide bonds. The topological polar surface area (TPSA) is 75.6 Å². The zero-order valence-electron chi connectivity index (χ0n) is 18.6. The molecule has 1 aliphatic heterocycles. The first-order valence-electron chi connectivity index (χ1n) is 10.3. The smallest absolute Gasteiger partial charge is 0.254 e. The lowest BCUT2D eigenvalue weighted by Crippen LogP contribution is -2.48. The molecule has 1 saturated heterocycles. The fourth-order valence-electron chi connectivity index (χ4n) is 3.61. The van der Waals surface area contributed by atoms with E-state index >= 15 is 0 Å². The van der Waals surface area contributed by atoms with Crippen LogP contribution in [0, 0.1) is 0 Å². The van der Waals surface area contributed by atoms with E-state index in [1.165, 1.54) is 13.3 Å². The highest BCUT2D eigenvalue weighted by atomic mass is 35.5. The second-order valence-electron chi connectivity index (χ2n) is 7.36. The summed E-state index contributed by atoms with van der Waals surface area (Å²) in [5, 5.41) is 4.86. The minimum absolute atomic E-state index is 0.166. The van der Waals surface area contributed by atoms with Crippen LogP contribution in [0.5, 0.6) is 17.2 Å². The number of carbonyl (C=O) groups is 1. The molecule has 0 bridgehead atoms. The van der Waals surface area contributed by atoms with Gasteiger partial charge in [-0.25, -0.2) is 5.43 Å². The highest BCUT2D eigenvalue weighted by Gasteiger charge is 2.19. The zero-order valence-corrected chi connectivity index (χ0v) is 19.4. The molecule has 2 aromatic rings. The number of hydrazone groups is 1. The van der Waals surface area contributed by atoms with Crippen LogP contribution < -0.4 is 19.6 Å². The van der Waals surface area contributed by atoms with Gasteiger partial charge in [-0.3, -0.25) is 14.6 Å². The van der Waals surface area contributed by atoms with Gasteiger partial charge in [-0.2, -0.15) is 5.10 Å². The fourth-order valence-corrected chi connectivity index (χ4v) is 3.81. The minimum atomic E-state index is -0.166. The van der Waals surface area contributed by atoms with Gasteiger partial charge in [0.25, 0.3) is 5.91 Å². The summed E-state index contributed by atoms with van der Waals surface area (Å²) < 4.78 is 16.1. The number of carbonyl (C=O) groups excluding carboxylic acids is 1. The summed E-state index contributed by atoms with van der Waals surface area (Å²) in [6.45, 7) is 4.49. The summed E-state index contributed by atoms with van der Waals surface area (Å²) in [4.78, 5) is 16.8. The second kappa shape index (κ2) is 11.7. The molecular weight excluding hydrogens is 432 g/mol. The van der Waals surface area contributed by atoms with E-state index in [1.54, 1.807) is 26.4 Å². The van der Waals surface area contributed by atoms with E-state index in [4.69, 9.17) is 25.8 Å². The standard InChI is InChI=1S/C23H29ClN4O4/c1-30-20-9-8-17(22(31-2)23(20)32-3)14-25-26-21(29)16-28-12-10-27(11-13-28)15-18-6-4-5-7-19(18)24/h4-9,14H,10-13,15-16H2,1-3H3,(H,26,29)/b25-14-. The van der Waals surface area contributed by atoms with Crippen molar-refractivity contribution in [2.75, 3.05) is 54.1 Å². The van der Waals surface area contributed by atoms with Gasteiger partial charge in [-0.15, -0.1) is 0 Å². The third-order valence-electron chi connectivity index (χ3n) is 5.31. The van der Waals surface area contributed by atoms with Crippen molar-refractivity contribution >= 4 is 23.7 Å². The van der Waals surface area contributed by atoms with Gasteiger partial charge in [0.15, 0.2) is 11.5 Å². The highest BCUT2D eigenvalue weighted by molar-refractivity contribution is 6.31. The normalized spacial score (nSPS) is 15.0. The molecule has 8 nitrogen and oxygen atoms in total. The monoisotopic (exact) mass is 460 g/mol. The fraction of sp³-hybridized carbons (Fsp3) is 0.391. The molecule has 0 spiro atoms. The molecule has 1 aliphatic rings. The van der Waals surface area contributed by atoms with Gasteiger partial charge in [0.05, 0.1) is 34.1 Å². The maximum absolute atomic E-state index is 12.3. The highest BCUT2D eigenvalue weighted by Crippen LogP contribution is 2.38. The van der Waals surface area contributed by atoms with E-state index in [-0.39, 0.29) is 5.91 Å². The quantitative estimate of drug-likeness (QED) is 0.458. The number of piperazine rings is 1. The summed E-state index contributed by atoms with van der Waals surface area (Å²) in [5.74, 6) is 1.35. The molecule has 0 unspecified atom stereocenters. The molecule has 0 atom stereocenters. The number of nitrogens with one attached hydrogen (secondary N) is 1. The van der Waals surface area contributed by atoms with Crippen LogP contribution in [0.3, 0.4) is 0 Å². The van der Waals surface area contributed by atoms with Crippen LogP contribution in [-0.2, 0) is 11.3 Å². The molecule has 1 heterocycles. The van der Waals surface area contributed by atoms with Gasteiger partial charge in [0.1, 0.15) is 0 Å². The van der Waals surface area contributed by atoms with Crippen molar-refractivity contribution in [3.05, 3.63) is 52.5 Å². The lowest BCUT2D eigenvalue weighted by atomic mass is 10.2. The third kappa shape index (κ3) is 6.12. The molecule has 1 fully saturated rings. The van der Waals surface area contributed by atoms with Gasteiger partial charge >= 0.3 is 0 Å². The molecule has 0 aromatic heterocycles. The predicted molar refractivity (Wildman–Crippen MR) is 125 cm³/mol. The van der Waals surface area contributed by atoms with E-state index in [0.717, 1.165) is 43.3 Å². The predicted octanol–water partition coefficient (Wildman–Crippen LogP) is 2.63. The van der Waals surface area contributed by atoms with Gasteiger partial charge < -0.3 is 14.2 Å². The Morgan fingerprint density at radius 1 is 1.00 bits per heavy atom. The lowest BCUT2D eigenvalue weighted by Gasteiger charge is -2.34. The average Bonchev–Trinajstić information content (AvgIpc) is 2.81. The molecule has 172 valence electrons. The maximum Gasteiger partial charge on any atom is 0.254 e. The molecular formula is C23H29ClN4O4. The summed E-state index contributed by atoms with van der Waals surface area (Å²) in [5.41, 5.74) is 4.38. The lowest BCUT2D eigenvalue weighted by molar-refractivity contribution is -0.122. The van der Waals surface area contributed by atoms with Crippen LogP contribution in [0.15, 0.2) is 41.5 Å². The van der Waals surface area contributed by atoms with E-state index in [1.807, 2.05) is 24.3 Å². The Labute approximate surface area is 193 Å². The number of halogens is 1. The first-order chi connectivity index (χ1) is 15.5. The molecule has 3 rings (SSSR count). The van der Waals surface area contributed by atoms with E-state index in [0.29, 0.717) is 29.4 Å². The molecule has 32 heavy (non-hydrogen) atoms. The number of hydrogen-bond donors (Lipinski definition) is 1. The van der Waals surface area contributed by atoms with Crippen molar-refractivity contribution in [1.82, 2.24) is 15.2 Å². The first kappa shape index (κ1) is 23.8. The van der Waals surface area contributed by atoms with Gasteiger partial charge in [-0.1, -0.05) is 29.8 Å². The molecule has 0 radical (unpaired) electrons. The van der Waals surface area contributed by atoms with Crippen LogP contribution in [0.25, 0.3) is 0 Å². The van der Waals surface area contributed by atoms with Crippen LogP contribution in [0.4, 0.5) is 0 Å². The van der Waals surface area contributed by atoms with Crippen LogP contribution in [-0.4, -0.2) is 76.0 Å². The van der Waals surface area contributed by atoms with E-state index in [2.05, 4.69) is 20.3 Å². The number of methoxy groups -OCH3 is 3. The van der Waals surface area contributed by atoms with Crippen molar-refractivity contribution in [2.45, 2.75) is 6.54 Å². The maximum atomic E-state index is 12.3. The number of nitrogens with zero attached hydrogens (tertiary/aromatic N) is 3. The molecule has 0 saturated carbocycles. The van der Waals surface area contributed by atoms with E-state index in [9.17, 15) is 4.79 Å². The number of ether oxygens (including phenoxy) is 3. The molecule has 9 heteroatoms. The summed E-state index contributed by atoms with van der Waals surface area (Å²) >= 11 is 6.26. The first-order valence-corrected chi connectivity index (χ1v) is 10.7. The number of hydrogen-bond acceptors (Lipinski definition) is 7. The Bertz CT molecular complexity index is 946. The van der Waals surface area contributed by atoms with Gasteiger partial charge in [-0.05, 0) is 23.8 Å². The molecule has 0 aliphatic carbocycles. The van der Waals surface area contributed by atoms with Crippen LogP contribution in [0.1, 0.15) is 11.1 Å². The average molecular weight is 461 g/mol. The van der Waals surface area contributed by atoms with Crippen molar-refractivity contribution in [1.29, 1.82) is 0 Å². The number of benzene rings is 2. The Balaban J connectivity index is 1.48. The SMILES string of the molecule is COc1ccc(/C=N\NC(=O)CN2CCN(Cc3ccccc3Cl)CC2)c(OC)c1OC. The van der Waals surface area contributed by atoms with Crippen LogP contribution >= 0.6 is 11.6 Å². The van der Waals surface area contributed by atoms with Crippen molar-refractivity contribution in [3.8, 4) is 17.2 Å². The van der Waals surface area contributed by atoms with E-state index < -0.39 is 0 Å². The Morgan fingerprint density at radius 3 is 2.34 bits per heavy atom. The Kier molecular flexibility index (Phi) is 8.72. The van der Waals surface area contributed by atoms with Crippen molar-refractivity contribution in [2.24, 2.45) is 5.10 Å². The summed E-state index contributed by atoms with van der Waals surface area (Å²) in [7, 11) is 4.64. The molecule has 1 N–H and O–H groups in total. The number of amides is 1. The van der Waals surface area contributed by atoms with Crippen molar-refractivity contribution in [3.63, 3.8) is 0 Å². The summed E-state index contributed by atoms with van der Waals surface area (Å²) in [6.07, 6.45) is 1.53. The summed E-state index contributed by atoms with van der Waals surface area (Å²) in [6, 6.07) is 11.4. The largest absolute Gasteiger partial charge is 0.493 e. The van der Waals surface area contributed by atoms with Gasteiger partial charge in [0, 0.05) is 43.3 Å². The second-order valence-corrected chi connectivity index (χ2v) is 7.77. The van der Waals surface area contributed by atoms with Crippen molar-refractivity contribution < 1.29 is 19.0 Å². The zero-order chi connectivity index (χ0) is 22.9.